The second-order valence-corrected chi connectivity index (χ2v) is 6.83. The third-order valence-corrected chi connectivity index (χ3v) is 4.70. The lowest BCUT2D eigenvalue weighted by atomic mass is 9.95. The highest BCUT2D eigenvalue weighted by Gasteiger charge is 2.32. The van der Waals surface area contributed by atoms with Crippen molar-refractivity contribution >= 4 is 10.8 Å². The first-order valence-corrected chi connectivity index (χ1v) is 8.71. The van der Waals surface area contributed by atoms with Gasteiger partial charge in [0.2, 0.25) is 0 Å². The molecule has 0 N–H and O–H groups in total. The maximum absolute atomic E-state index is 6.56. The van der Waals surface area contributed by atoms with Crippen LogP contribution in [0.3, 0.4) is 0 Å². The van der Waals surface area contributed by atoms with Crippen molar-refractivity contribution in [2.24, 2.45) is 0 Å². The first-order chi connectivity index (χ1) is 12.2. The zero-order valence-electron chi connectivity index (χ0n) is 14.7. The van der Waals surface area contributed by atoms with E-state index in [1.54, 1.807) is 0 Å². The van der Waals surface area contributed by atoms with E-state index in [0.717, 1.165) is 17.7 Å². The van der Waals surface area contributed by atoms with Gasteiger partial charge >= 0.3 is 0 Å². The number of hydrogen-bond donors (Lipinski definition) is 0. The Balaban J connectivity index is 1.74. The quantitative estimate of drug-likeness (QED) is 0.705. The van der Waals surface area contributed by atoms with Gasteiger partial charge in [-0.2, -0.15) is 0 Å². The van der Waals surface area contributed by atoms with Gasteiger partial charge in [0.25, 0.3) is 0 Å². The largest absolute Gasteiger partial charge is 0.482 e. The van der Waals surface area contributed by atoms with Crippen molar-refractivity contribution in [2.45, 2.75) is 18.8 Å². The van der Waals surface area contributed by atoms with Crippen molar-refractivity contribution in [1.29, 1.82) is 0 Å². The predicted molar refractivity (Wildman–Crippen MR) is 101 cm³/mol. The Kier molecular flexibility index (Phi) is 4.43. The van der Waals surface area contributed by atoms with Crippen LogP contribution in [0.4, 0.5) is 0 Å². The summed E-state index contributed by atoms with van der Waals surface area (Å²) in [7, 11) is 4.14. The van der Waals surface area contributed by atoms with E-state index in [-0.39, 0.29) is 12.2 Å². The number of rotatable bonds is 4. The molecule has 0 radical (unpaired) electrons. The Hall–Kier alpha value is -2.36. The van der Waals surface area contributed by atoms with Gasteiger partial charge in [0.1, 0.15) is 11.9 Å². The number of ether oxygens (including phenoxy) is 2. The lowest BCUT2D eigenvalue weighted by molar-refractivity contribution is -0.0612. The number of nitrogens with zero attached hydrogens (tertiary/aromatic N) is 1. The van der Waals surface area contributed by atoms with Gasteiger partial charge in [0, 0.05) is 17.5 Å². The molecule has 0 aromatic heterocycles. The van der Waals surface area contributed by atoms with Crippen molar-refractivity contribution in [3.63, 3.8) is 0 Å². The molecule has 0 bridgehead atoms. The Morgan fingerprint density at radius 1 is 0.960 bits per heavy atom. The smallest absolute Gasteiger partial charge is 0.151 e. The highest BCUT2D eigenvalue weighted by Crippen LogP contribution is 2.36. The minimum atomic E-state index is -0.113. The molecule has 0 fully saturated rings. The topological polar surface area (TPSA) is 21.7 Å². The third kappa shape index (κ3) is 3.26. The van der Waals surface area contributed by atoms with Crippen LogP contribution in [0.25, 0.3) is 10.8 Å². The average Bonchev–Trinajstić information content (AvgIpc) is 2.63. The van der Waals surface area contributed by atoms with Crippen molar-refractivity contribution < 1.29 is 9.47 Å². The molecule has 4 rings (SSSR count). The summed E-state index contributed by atoms with van der Waals surface area (Å²) in [5.74, 6) is 0.909. The summed E-state index contributed by atoms with van der Waals surface area (Å²) in [6, 6.07) is 23.0. The molecule has 0 amide bonds. The minimum absolute atomic E-state index is 0.00358. The van der Waals surface area contributed by atoms with E-state index in [1.165, 1.54) is 16.5 Å². The minimum Gasteiger partial charge on any atom is -0.482 e. The second-order valence-electron chi connectivity index (χ2n) is 6.83. The molecule has 0 aliphatic carbocycles. The molecule has 1 aliphatic rings. The number of fused-ring (bicyclic) bond motifs is 2. The number of hydrogen-bond acceptors (Lipinski definition) is 3. The van der Waals surface area contributed by atoms with Crippen LogP contribution in [-0.2, 0) is 11.3 Å². The molecule has 3 heteroatoms. The molecule has 25 heavy (non-hydrogen) atoms. The van der Waals surface area contributed by atoms with Crippen molar-refractivity contribution in [2.75, 3.05) is 20.6 Å². The van der Waals surface area contributed by atoms with Crippen molar-refractivity contribution in [3.8, 4) is 5.75 Å². The molecule has 1 aliphatic heterocycles. The van der Waals surface area contributed by atoms with Gasteiger partial charge in [0.15, 0.2) is 6.10 Å². The van der Waals surface area contributed by atoms with Gasteiger partial charge < -0.3 is 14.4 Å². The molecule has 3 aromatic carbocycles. The SMILES string of the molecule is CN(C)C[C@H]1OCc2ccccc2[C@@H]1Oc1cccc2ccccc12. The molecule has 0 saturated heterocycles. The van der Waals surface area contributed by atoms with Gasteiger partial charge in [-0.1, -0.05) is 60.7 Å². The van der Waals surface area contributed by atoms with Crippen LogP contribution in [0.2, 0.25) is 0 Å². The Bertz CT molecular complexity index is 869. The monoisotopic (exact) mass is 333 g/mol. The van der Waals surface area contributed by atoms with Gasteiger partial charge in [-0.25, -0.2) is 0 Å². The second kappa shape index (κ2) is 6.87. The van der Waals surface area contributed by atoms with Crippen LogP contribution in [0.15, 0.2) is 66.7 Å². The summed E-state index contributed by atoms with van der Waals surface area (Å²) in [6.45, 7) is 1.47. The van der Waals surface area contributed by atoms with E-state index in [9.17, 15) is 0 Å². The maximum atomic E-state index is 6.56. The predicted octanol–water partition coefficient (Wildman–Crippen LogP) is 4.42. The normalized spacial score (nSPS) is 19.8. The van der Waals surface area contributed by atoms with Gasteiger partial charge in [-0.15, -0.1) is 0 Å². The lowest BCUT2D eigenvalue weighted by Crippen LogP contribution is -2.39. The fraction of sp³-hybridized carbons (Fsp3) is 0.273. The van der Waals surface area contributed by atoms with E-state index in [1.807, 2.05) is 12.1 Å². The van der Waals surface area contributed by atoms with Crippen LogP contribution < -0.4 is 4.74 Å². The average molecular weight is 333 g/mol. The number of likely N-dealkylation sites (N-methyl/N-ethyl adjacent to an activating group) is 1. The maximum Gasteiger partial charge on any atom is 0.151 e. The van der Waals surface area contributed by atoms with Crippen LogP contribution in [0.1, 0.15) is 17.2 Å². The Labute approximate surface area is 148 Å². The first-order valence-electron chi connectivity index (χ1n) is 8.71. The standard InChI is InChI=1S/C22H23NO2/c1-23(2)14-21-22(19-12-6-4-9-17(19)15-24-21)25-20-13-7-10-16-8-3-5-11-18(16)20/h3-13,21-22H,14-15H2,1-2H3/t21-,22+/m1/s1. The molecular weight excluding hydrogens is 310 g/mol. The summed E-state index contributed by atoms with van der Waals surface area (Å²) in [5.41, 5.74) is 2.44. The van der Waals surface area contributed by atoms with Crippen LogP contribution in [0, 0.1) is 0 Å². The van der Waals surface area contributed by atoms with E-state index < -0.39 is 0 Å². The lowest BCUT2D eigenvalue weighted by Gasteiger charge is -2.35. The van der Waals surface area contributed by atoms with E-state index >= 15 is 0 Å². The Morgan fingerprint density at radius 2 is 1.72 bits per heavy atom. The summed E-state index contributed by atoms with van der Waals surface area (Å²) in [6.07, 6.45) is -0.109. The first kappa shape index (κ1) is 16.1. The van der Waals surface area contributed by atoms with E-state index in [2.05, 4.69) is 73.6 Å². The fourth-order valence-electron chi connectivity index (χ4n) is 3.51. The van der Waals surface area contributed by atoms with E-state index in [0.29, 0.717) is 6.61 Å². The van der Waals surface area contributed by atoms with Crippen LogP contribution >= 0.6 is 0 Å². The number of benzene rings is 3. The van der Waals surface area contributed by atoms with Crippen LogP contribution in [0.5, 0.6) is 5.75 Å². The highest BCUT2D eigenvalue weighted by atomic mass is 16.5. The molecule has 0 saturated carbocycles. The van der Waals surface area contributed by atoms with E-state index in [4.69, 9.17) is 9.47 Å². The Morgan fingerprint density at radius 3 is 2.60 bits per heavy atom. The van der Waals surface area contributed by atoms with Crippen molar-refractivity contribution in [3.05, 3.63) is 77.9 Å². The third-order valence-electron chi connectivity index (χ3n) is 4.70. The summed E-state index contributed by atoms with van der Waals surface area (Å²) < 4.78 is 12.7. The molecule has 0 unspecified atom stereocenters. The fourth-order valence-corrected chi connectivity index (χ4v) is 3.51. The van der Waals surface area contributed by atoms with Crippen LogP contribution in [-0.4, -0.2) is 31.6 Å². The van der Waals surface area contributed by atoms with Gasteiger partial charge in [0.05, 0.1) is 6.61 Å². The molecule has 0 spiro atoms. The highest BCUT2D eigenvalue weighted by molar-refractivity contribution is 5.88. The van der Waals surface area contributed by atoms with Gasteiger partial charge in [-0.3, -0.25) is 0 Å². The van der Waals surface area contributed by atoms with Crippen molar-refractivity contribution in [1.82, 2.24) is 4.90 Å². The molecule has 2 atom stereocenters. The molecule has 3 aromatic rings. The molecular formula is C22H23NO2. The zero-order chi connectivity index (χ0) is 17.2. The summed E-state index contributed by atoms with van der Waals surface area (Å²) in [4.78, 5) is 2.15. The molecule has 1 heterocycles. The summed E-state index contributed by atoms with van der Waals surface area (Å²) >= 11 is 0. The summed E-state index contributed by atoms with van der Waals surface area (Å²) in [5, 5.41) is 2.32. The molecule has 128 valence electrons. The zero-order valence-corrected chi connectivity index (χ0v) is 14.7. The molecule has 3 nitrogen and oxygen atoms in total. The van der Waals surface area contributed by atoms with Gasteiger partial charge in [-0.05, 0) is 31.1 Å².